The van der Waals surface area contributed by atoms with Crippen molar-refractivity contribution < 1.29 is 14.7 Å². The van der Waals surface area contributed by atoms with Gasteiger partial charge in [0.1, 0.15) is 0 Å². The van der Waals surface area contributed by atoms with E-state index in [0.717, 1.165) is 6.42 Å². The third-order valence-electron chi connectivity index (χ3n) is 2.13. The van der Waals surface area contributed by atoms with Crippen LogP contribution in [-0.4, -0.2) is 22.4 Å². The highest BCUT2D eigenvalue weighted by molar-refractivity contribution is 6.07. The largest absolute Gasteiger partial charge is 0.480 e. The van der Waals surface area contributed by atoms with Crippen molar-refractivity contribution >= 4 is 11.8 Å². The molecule has 76 valence electrons. The first-order valence-corrected chi connectivity index (χ1v) is 4.40. The number of aliphatic carboxylic acids is 1. The Morgan fingerprint density at radius 3 is 2.31 bits per heavy atom. The van der Waals surface area contributed by atoms with E-state index in [-0.39, 0.29) is 5.92 Å². The van der Waals surface area contributed by atoms with E-state index in [1.165, 1.54) is 6.92 Å². The molecule has 0 amide bonds. The molecule has 0 aromatic heterocycles. The number of carbonyl (C=O) groups excluding carboxylic acids is 1. The maximum atomic E-state index is 11.5. The highest BCUT2D eigenvalue weighted by Gasteiger charge is 2.38. The summed E-state index contributed by atoms with van der Waals surface area (Å²) < 4.78 is 0. The normalized spacial score (nSPS) is 17.5. The van der Waals surface area contributed by atoms with Crippen LogP contribution >= 0.6 is 0 Å². The molecule has 3 N–H and O–H groups in total. The van der Waals surface area contributed by atoms with Crippen molar-refractivity contribution in [3.63, 3.8) is 0 Å². The van der Waals surface area contributed by atoms with E-state index in [4.69, 9.17) is 10.8 Å². The summed E-state index contributed by atoms with van der Waals surface area (Å²) in [7, 11) is 0. The summed E-state index contributed by atoms with van der Waals surface area (Å²) in [6, 6.07) is 0. The van der Waals surface area contributed by atoms with Gasteiger partial charge in [-0.25, -0.2) is 4.79 Å². The molecule has 0 aliphatic rings. The molecule has 0 radical (unpaired) electrons. The molecule has 2 unspecified atom stereocenters. The van der Waals surface area contributed by atoms with E-state index in [1.807, 2.05) is 6.92 Å². The van der Waals surface area contributed by atoms with Crippen LogP contribution in [0.2, 0.25) is 0 Å². The summed E-state index contributed by atoms with van der Waals surface area (Å²) in [5, 5.41) is 8.68. The Morgan fingerprint density at radius 2 is 2.00 bits per heavy atom. The van der Waals surface area contributed by atoms with E-state index in [2.05, 4.69) is 0 Å². The lowest BCUT2D eigenvalue weighted by atomic mass is 9.87. The third-order valence-corrected chi connectivity index (χ3v) is 2.13. The molecule has 0 rings (SSSR count). The molecule has 0 bridgehead atoms. The summed E-state index contributed by atoms with van der Waals surface area (Å²) in [5.74, 6) is -1.95. The van der Waals surface area contributed by atoms with Crippen molar-refractivity contribution in [1.82, 2.24) is 0 Å². The van der Waals surface area contributed by atoms with Crippen molar-refractivity contribution in [2.45, 2.75) is 39.2 Å². The molecule has 0 saturated carbocycles. The van der Waals surface area contributed by atoms with Gasteiger partial charge in [-0.05, 0) is 13.3 Å². The first-order chi connectivity index (χ1) is 5.84. The maximum Gasteiger partial charge on any atom is 0.331 e. The minimum Gasteiger partial charge on any atom is -0.480 e. The zero-order valence-corrected chi connectivity index (χ0v) is 8.33. The molecule has 2 atom stereocenters. The predicted octanol–water partition coefficient (Wildman–Crippen LogP) is 0.794. The lowest BCUT2D eigenvalue weighted by Gasteiger charge is -2.21. The minimum atomic E-state index is -1.74. The minimum absolute atomic E-state index is 0.281. The molecule has 0 heterocycles. The van der Waals surface area contributed by atoms with Gasteiger partial charge in [0, 0.05) is 5.92 Å². The van der Waals surface area contributed by atoms with Gasteiger partial charge >= 0.3 is 5.97 Å². The number of carboxylic acid groups (broad SMARTS) is 1. The second-order valence-corrected chi connectivity index (χ2v) is 3.56. The first kappa shape index (κ1) is 12.1. The Morgan fingerprint density at radius 1 is 1.54 bits per heavy atom. The smallest absolute Gasteiger partial charge is 0.331 e. The molecule has 13 heavy (non-hydrogen) atoms. The van der Waals surface area contributed by atoms with Crippen LogP contribution in [0.25, 0.3) is 0 Å². The van der Waals surface area contributed by atoms with Crippen LogP contribution in [0.4, 0.5) is 0 Å². The standard InChI is InChI=1S/C9H17NO3/c1-4-5-6(2)7(11)9(3,10)8(12)13/h6H,4-5,10H2,1-3H3,(H,12,13). The molecule has 0 aliphatic heterocycles. The van der Waals surface area contributed by atoms with E-state index < -0.39 is 17.3 Å². The molecule has 4 heteroatoms. The molecular formula is C9H17NO3. The van der Waals surface area contributed by atoms with Gasteiger partial charge in [0.2, 0.25) is 0 Å². The lowest BCUT2D eigenvalue weighted by molar-refractivity contribution is -0.148. The average molecular weight is 187 g/mol. The van der Waals surface area contributed by atoms with Crippen LogP contribution in [0.15, 0.2) is 0 Å². The highest BCUT2D eigenvalue weighted by Crippen LogP contribution is 2.14. The number of carbonyl (C=O) groups is 2. The second kappa shape index (κ2) is 4.37. The Bertz CT molecular complexity index is 211. The Balaban J connectivity index is 4.49. The molecule has 0 aliphatic carbocycles. The van der Waals surface area contributed by atoms with Gasteiger partial charge in [0.05, 0.1) is 0 Å². The first-order valence-electron chi connectivity index (χ1n) is 4.40. The fourth-order valence-corrected chi connectivity index (χ4v) is 1.18. The maximum absolute atomic E-state index is 11.5. The average Bonchev–Trinajstić information content (AvgIpc) is 2.03. The van der Waals surface area contributed by atoms with Gasteiger partial charge in [-0.2, -0.15) is 0 Å². The molecule has 0 spiro atoms. The van der Waals surface area contributed by atoms with Gasteiger partial charge in [0.25, 0.3) is 0 Å². The van der Waals surface area contributed by atoms with E-state index in [0.29, 0.717) is 6.42 Å². The second-order valence-electron chi connectivity index (χ2n) is 3.56. The van der Waals surface area contributed by atoms with Crippen molar-refractivity contribution in [1.29, 1.82) is 0 Å². The number of nitrogens with two attached hydrogens (primary N) is 1. The van der Waals surface area contributed by atoms with Crippen LogP contribution in [0.5, 0.6) is 0 Å². The summed E-state index contributed by atoms with van der Waals surface area (Å²) >= 11 is 0. The number of hydrogen-bond acceptors (Lipinski definition) is 3. The van der Waals surface area contributed by atoms with E-state index in [9.17, 15) is 9.59 Å². The zero-order valence-electron chi connectivity index (χ0n) is 8.33. The van der Waals surface area contributed by atoms with Crippen LogP contribution in [-0.2, 0) is 9.59 Å². The van der Waals surface area contributed by atoms with Gasteiger partial charge in [-0.15, -0.1) is 0 Å². The van der Waals surface area contributed by atoms with Crippen molar-refractivity contribution in [3.8, 4) is 0 Å². The Kier molecular flexibility index (Phi) is 4.07. The topological polar surface area (TPSA) is 80.4 Å². The number of Topliss-reactive ketones (excluding diaryl/α,β-unsaturated/α-hetero) is 1. The fraction of sp³-hybridized carbons (Fsp3) is 0.778. The number of ketones is 1. The van der Waals surface area contributed by atoms with Crippen molar-refractivity contribution in [2.24, 2.45) is 11.7 Å². The summed E-state index contributed by atoms with van der Waals surface area (Å²) in [6.45, 7) is 4.89. The van der Waals surface area contributed by atoms with Gasteiger partial charge in [-0.1, -0.05) is 20.3 Å². The van der Waals surface area contributed by atoms with E-state index in [1.54, 1.807) is 6.92 Å². The van der Waals surface area contributed by atoms with Crippen LogP contribution in [0, 0.1) is 5.92 Å². The fourth-order valence-electron chi connectivity index (χ4n) is 1.18. The predicted molar refractivity (Wildman–Crippen MR) is 49.3 cm³/mol. The van der Waals surface area contributed by atoms with Crippen LogP contribution in [0.1, 0.15) is 33.6 Å². The van der Waals surface area contributed by atoms with Gasteiger partial charge in [-0.3, -0.25) is 4.79 Å². The molecular weight excluding hydrogens is 170 g/mol. The van der Waals surface area contributed by atoms with Crippen LogP contribution < -0.4 is 5.73 Å². The summed E-state index contributed by atoms with van der Waals surface area (Å²) in [5.41, 5.74) is 3.64. The third kappa shape index (κ3) is 2.81. The van der Waals surface area contributed by atoms with Crippen LogP contribution in [0.3, 0.4) is 0 Å². The molecule has 0 fully saturated rings. The lowest BCUT2D eigenvalue weighted by Crippen LogP contribution is -2.54. The monoisotopic (exact) mass is 187 g/mol. The Labute approximate surface area is 78.1 Å². The number of carboxylic acids is 1. The van der Waals surface area contributed by atoms with E-state index >= 15 is 0 Å². The highest BCUT2D eigenvalue weighted by atomic mass is 16.4. The quantitative estimate of drug-likeness (QED) is 0.624. The van der Waals surface area contributed by atoms with Gasteiger partial charge in [0.15, 0.2) is 11.3 Å². The zero-order chi connectivity index (χ0) is 10.6. The molecule has 0 aromatic carbocycles. The molecule has 0 aromatic rings. The van der Waals surface area contributed by atoms with Crippen molar-refractivity contribution in [2.75, 3.05) is 0 Å². The summed E-state index contributed by atoms with van der Waals surface area (Å²) in [4.78, 5) is 22.1. The number of hydrogen-bond donors (Lipinski definition) is 2. The molecule has 4 nitrogen and oxygen atoms in total. The van der Waals surface area contributed by atoms with Crippen molar-refractivity contribution in [3.05, 3.63) is 0 Å². The Hall–Kier alpha value is -0.900. The SMILES string of the molecule is CCCC(C)C(=O)C(C)(N)C(=O)O. The molecule has 0 saturated heterocycles. The summed E-state index contributed by atoms with van der Waals surface area (Å²) in [6.07, 6.45) is 1.53. The number of rotatable bonds is 5. The van der Waals surface area contributed by atoms with Gasteiger partial charge < -0.3 is 10.8 Å².